The number of hydrogen-bond acceptors (Lipinski definition) is 6. The van der Waals surface area contributed by atoms with Crippen LogP contribution in [0.4, 0.5) is 0 Å². The van der Waals surface area contributed by atoms with E-state index >= 15 is 0 Å². The van der Waals surface area contributed by atoms with E-state index in [1.807, 2.05) is 5.43 Å². The van der Waals surface area contributed by atoms with E-state index in [0.717, 1.165) is 0 Å². The highest BCUT2D eigenvalue weighted by Crippen LogP contribution is 1.94. The Balaban J connectivity index is 2.26. The van der Waals surface area contributed by atoms with Gasteiger partial charge in [-0.15, -0.1) is 0 Å². The van der Waals surface area contributed by atoms with Crippen molar-refractivity contribution in [3.63, 3.8) is 0 Å². The second-order valence-electron chi connectivity index (χ2n) is 0.988. The third-order valence-corrected chi connectivity index (χ3v) is 0.494. The van der Waals surface area contributed by atoms with Crippen LogP contribution in [0, 0.1) is 10.4 Å². The van der Waals surface area contributed by atoms with Crippen molar-refractivity contribution in [2.24, 2.45) is 0 Å². The van der Waals surface area contributed by atoms with E-state index in [9.17, 15) is 10.4 Å². The predicted octanol–water partition coefficient (Wildman–Crippen LogP) is -1.09. The van der Waals surface area contributed by atoms with Crippen LogP contribution in [0.2, 0.25) is 0 Å². The summed E-state index contributed by atoms with van der Waals surface area (Å²) in [6, 6.07) is 0. The molecule has 0 spiro atoms. The molecule has 0 aromatic heterocycles. The van der Waals surface area contributed by atoms with E-state index in [1.165, 1.54) is 0 Å². The summed E-state index contributed by atoms with van der Waals surface area (Å²) in [5.74, 6) is 0. The van der Waals surface area contributed by atoms with Crippen LogP contribution in [0.15, 0.2) is 0 Å². The van der Waals surface area contributed by atoms with Gasteiger partial charge in [0.05, 0.1) is 6.67 Å². The van der Waals surface area contributed by atoms with Crippen LogP contribution in [-0.4, -0.2) is 17.2 Å². The summed E-state index contributed by atoms with van der Waals surface area (Å²) in [4.78, 5) is 3.81. The molecular weight excluding hydrogens is 102 g/mol. The molecule has 1 saturated heterocycles. The van der Waals surface area contributed by atoms with Gasteiger partial charge in [-0.05, 0) is 0 Å². The van der Waals surface area contributed by atoms with Crippen molar-refractivity contribution in [3.05, 3.63) is 10.4 Å². The van der Waals surface area contributed by atoms with Crippen LogP contribution in [-0.2, 0) is 4.94 Å². The quantitative estimate of drug-likeness (QED) is 0.422. The summed E-state index contributed by atoms with van der Waals surface area (Å²) in [7, 11) is 0. The van der Waals surface area contributed by atoms with Gasteiger partial charge in [0.1, 0.15) is 0 Å². The molecule has 1 N–H and O–H groups in total. The summed E-state index contributed by atoms with van der Waals surface area (Å²) in [6.07, 6.45) is 0. The van der Waals surface area contributed by atoms with Gasteiger partial charge in [0.25, 0.3) is 0 Å². The molecule has 0 radical (unpaired) electrons. The summed E-state index contributed by atoms with van der Waals surface area (Å²) in [6.45, 7) is -0.108. The highest BCUT2D eigenvalue weighted by Gasteiger charge is 2.00. The molecule has 0 atom stereocenters. The van der Waals surface area contributed by atoms with Crippen LogP contribution in [0.1, 0.15) is 0 Å². The fourth-order valence-electron chi connectivity index (χ4n) is 0.256. The maximum atomic E-state index is 9.84. The molecule has 7 heavy (non-hydrogen) atoms. The molecular formula is CH3N3O3-2. The lowest BCUT2D eigenvalue weighted by atomic mass is 11.2. The lowest BCUT2D eigenvalue weighted by Crippen LogP contribution is -2.22. The Bertz CT molecular complexity index is 59.2. The highest BCUT2D eigenvalue weighted by molar-refractivity contribution is 4.44. The third-order valence-electron chi connectivity index (χ3n) is 0.494. The van der Waals surface area contributed by atoms with E-state index in [2.05, 4.69) is 4.94 Å². The maximum absolute atomic E-state index is 9.84. The van der Waals surface area contributed by atoms with Crippen molar-refractivity contribution in [1.29, 1.82) is 0 Å². The SMILES string of the molecule is [O-]N1CNN([O-])O1. The summed E-state index contributed by atoms with van der Waals surface area (Å²) < 4.78 is 0. The average molecular weight is 105 g/mol. The number of hydrogen-bond donors (Lipinski definition) is 1. The molecule has 1 rings (SSSR count). The average Bonchev–Trinajstić information content (AvgIpc) is 1.87. The van der Waals surface area contributed by atoms with Gasteiger partial charge in [0.2, 0.25) is 0 Å². The molecule has 0 saturated carbocycles. The molecule has 0 aromatic carbocycles. The maximum Gasteiger partial charge on any atom is 0.0761 e. The summed E-state index contributed by atoms with van der Waals surface area (Å²) >= 11 is 0. The Morgan fingerprint density at radius 2 is 2.29 bits per heavy atom. The molecule has 6 heteroatoms. The van der Waals surface area contributed by atoms with E-state index in [4.69, 9.17) is 0 Å². The van der Waals surface area contributed by atoms with Crippen molar-refractivity contribution in [2.75, 3.05) is 6.67 Å². The molecule has 0 bridgehead atoms. The number of hydrazine groups is 1. The molecule has 42 valence electrons. The molecule has 0 aromatic rings. The van der Waals surface area contributed by atoms with Gasteiger partial charge in [-0.25, -0.2) is 15.6 Å². The number of nitrogens with zero attached hydrogens (tertiary/aromatic N) is 2. The monoisotopic (exact) mass is 105 g/mol. The third kappa shape index (κ3) is 1.06. The standard InChI is InChI=1S/CH3N3O3/c5-3-1-2-4(6)7-3/h2H,1H2/q-2. The molecule has 1 heterocycles. The Hall–Kier alpha value is -0.240. The molecule has 0 unspecified atom stereocenters. The van der Waals surface area contributed by atoms with Gasteiger partial charge in [0.15, 0.2) is 0 Å². The second-order valence-corrected chi connectivity index (χ2v) is 0.988. The van der Waals surface area contributed by atoms with Crippen LogP contribution in [0.5, 0.6) is 0 Å². The topological polar surface area (TPSA) is 73.9 Å². The van der Waals surface area contributed by atoms with Crippen molar-refractivity contribution in [3.8, 4) is 0 Å². The van der Waals surface area contributed by atoms with Crippen LogP contribution >= 0.6 is 0 Å². The van der Waals surface area contributed by atoms with Crippen molar-refractivity contribution >= 4 is 0 Å². The van der Waals surface area contributed by atoms with Gasteiger partial charge >= 0.3 is 0 Å². The Labute approximate surface area is 39.3 Å². The molecule has 0 aliphatic carbocycles. The predicted molar refractivity (Wildman–Crippen MR) is 19.5 cm³/mol. The van der Waals surface area contributed by atoms with Gasteiger partial charge in [0, 0.05) is 0 Å². The minimum atomic E-state index is -0.108. The van der Waals surface area contributed by atoms with E-state index in [1.54, 1.807) is 0 Å². The van der Waals surface area contributed by atoms with Crippen LogP contribution < -0.4 is 5.43 Å². The summed E-state index contributed by atoms with van der Waals surface area (Å²) in [5.41, 5.74) is 2.04. The van der Waals surface area contributed by atoms with Gasteiger partial charge in [-0.3, -0.25) is 0 Å². The second kappa shape index (κ2) is 1.70. The normalized spacial score (nSPS) is 26.6. The largest absolute Gasteiger partial charge is 0.760 e. The zero-order valence-electron chi connectivity index (χ0n) is 3.33. The molecule has 0 amide bonds. The molecule has 1 aliphatic rings. The van der Waals surface area contributed by atoms with Crippen molar-refractivity contribution < 1.29 is 4.94 Å². The van der Waals surface area contributed by atoms with Gasteiger partial charge in [-0.2, -0.15) is 5.34 Å². The lowest BCUT2D eigenvalue weighted by Gasteiger charge is -2.21. The number of hydroxylamine groups is 2. The zero-order valence-corrected chi connectivity index (χ0v) is 3.33. The first-order valence-electron chi connectivity index (χ1n) is 1.62. The first kappa shape index (κ1) is 4.91. The van der Waals surface area contributed by atoms with Gasteiger partial charge in [-0.1, -0.05) is 0 Å². The molecule has 1 aliphatic heterocycles. The zero-order chi connectivity index (χ0) is 5.28. The fourth-order valence-corrected chi connectivity index (χ4v) is 0.256. The van der Waals surface area contributed by atoms with E-state index < -0.39 is 0 Å². The summed E-state index contributed by atoms with van der Waals surface area (Å²) in [5, 5.41) is 19.8. The number of nitrogens with one attached hydrogen (secondary N) is 1. The molecule has 6 nitrogen and oxygen atoms in total. The van der Waals surface area contributed by atoms with Gasteiger partial charge < -0.3 is 10.4 Å². The smallest absolute Gasteiger partial charge is 0.0761 e. The molecule has 1 fully saturated rings. The fraction of sp³-hybridized carbons (Fsp3) is 1.00. The highest BCUT2D eigenvalue weighted by atomic mass is 17.1. The Kier molecular flexibility index (Phi) is 1.19. The van der Waals surface area contributed by atoms with E-state index in [-0.39, 0.29) is 17.2 Å². The van der Waals surface area contributed by atoms with E-state index in [0.29, 0.717) is 0 Å². The first-order valence-corrected chi connectivity index (χ1v) is 1.62. The Morgan fingerprint density at radius 3 is 2.43 bits per heavy atom. The number of rotatable bonds is 0. The lowest BCUT2D eigenvalue weighted by molar-refractivity contribution is -0.232. The Morgan fingerprint density at radius 1 is 1.57 bits per heavy atom. The first-order chi connectivity index (χ1) is 3.29. The minimum Gasteiger partial charge on any atom is -0.760 e. The minimum absolute atomic E-state index is 0.00694. The van der Waals surface area contributed by atoms with Crippen molar-refractivity contribution in [1.82, 2.24) is 16.0 Å². The van der Waals surface area contributed by atoms with Crippen LogP contribution in [0.3, 0.4) is 0 Å². The van der Waals surface area contributed by atoms with Crippen molar-refractivity contribution in [2.45, 2.75) is 0 Å². The van der Waals surface area contributed by atoms with Crippen LogP contribution in [0.25, 0.3) is 0 Å².